The second kappa shape index (κ2) is 7.65. The second-order valence-electron chi connectivity index (χ2n) is 6.41. The minimum atomic E-state index is -0.437. The molecule has 0 radical (unpaired) electrons. The second-order valence-corrected chi connectivity index (χ2v) is 6.41. The van der Waals surface area contributed by atoms with Gasteiger partial charge in [0.15, 0.2) is 5.78 Å². The maximum absolute atomic E-state index is 11.5. The van der Waals surface area contributed by atoms with Crippen molar-refractivity contribution in [2.45, 2.75) is 70.8 Å². The Balaban J connectivity index is 1.48. The number of ether oxygens (including phenoxy) is 1. The van der Waals surface area contributed by atoms with Crippen LogP contribution < -0.4 is 5.32 Å². The molecule has 2 rings (SSSR count). The number of alkyl carbamates (subject to hydrolysis) is 1. The SMILES string of the molecule is C[C@H]1CC(=O)[C@H]1NC(=O)OCCCCC1CCCCC1. The summed E-state index contributed by atoms with van der Waals surface area (Å²) in [5.74, 6) is 1.26. The Bertz CT molecular complexity index is 337. The number of carbonyl (C=O) groups excluding carboxylic acids is 2. The van der Waals surface area contributed by atoms with Gasteiger partial charge in [-0.05, 0) is 24.7 Å². The van der Waals surface area contributed by atoms with Crippen LogP contribution in [-0.2, 0) is 9.53 Å². The first kappa shape index (κ1) is 15.3. The summed E-state index contributed by atoms with van der Waals surface area (Å²) in [4.78, 5) is 22.8. The number of unbranched alkanes of at least 4 members (excludes halogenated alkanes) is 1. The summed E-state index contributed by atoms with van der Waals surface area (Å²) in [7, 11) is 0. The van der Waals surface area contributed by atoms with Gasteiger partial charge in [-0.25, -0.2) is 4.79 Å². The molecule has 2 atom stereocenters. The van der Waals surface area contributed by atoms with E-state index in [2.05, 4.69) is 5.32 Å². The molecule has 0 aromatic heterocycles. The average molecular weight is 281 g/mol. The van der Waals surface area contributed by atoms with Gasteiger partial charge in [0.05, 0.1) is 12.6 Å². The maximum Gasteiger partial charge on any atom is 0.407 e. The van der Waals surface area contributed by atoms with Gasteiger partial charge in [-0.2, -0.15) is 0 Å². The van der Waals surface area contributed by atoms with Crippen molar-refractivity contribution in [3.05, 3.63) is 0 Å². The number of Topliss-reactive ketones (excluding diaryl/α,β-unsaturated/α-hetero) is 1. The van der Waals surface area contributed by atoms with Crippen LogP contribution in [-0.4, -0.2) is 24.5 Å². The van der Waals surface area contributed by atoms with Crippen molar-refractivity contribution in [3.63, 3.8) is 0 Å². The molecule has 0 saturated heterocycles. The molecule has 0 unspecified atom stereocenters. The summed E-state index contributed by atoms with van der Waals surface area (Å²) < 4.78 is 5.13. The first-order chi connectivity index (χ1) is 9.66. The lowest BCUT2D eigenvalue weighted by molar-refractivity contribution is -0.129. The van der Waals surface area contributed by atoms with Gasteiger partial charge in [-0.1, -0.05) is 45.4 Å². The fourth-order valence-electron chi connectivity index (χ4n) is 3.29. The molecule has 0 aromatic carbocycles. The van der Waals surface area contributed by atoms with Crippen LogP contribution in [0.15, 0.2) is 0 Å². The van der Waals surface area contributed by atoms with Crippen molar-refractivity contribution in [1.82, 2.24) is 5.32 Å². The van der Waals surface area contributed by atoms with E-state index in [0.717, 1.165) is 18.8 Å². The topological polar surface area (TPSA) is 55.4 Å². The fraction of sp³-hybridized carbons (Fsp3) is 0.875. The zero-order valence-electron chi connectivity index (χ0n) is 12.5. The van der Waals surface area contributed by atoms with Gasteiger partial charge in [0, 0.05) is 6.42 Å². The molecule has 2 saturated carbocycles. The summed E-state index contributed by atoms with van der Waals surface area (Å²) in [6, 6.07) is -0.315. The molecule has 0 aromatic rings. The molecule has 0 bridgehead atoms. The van der Waals surface area contributed by atoms with Crippen molar-refractivity contribution < 1.29 is 14.3 Å². The minimum Gasteiger partial charge on any atom is -0.450 e. The number of hydrogen-bond donors (Lipinski definition) is 1. The molecular formula is C16H27NO3. The van der Waals surface area contributed by atoms with Gasteiger partial charge in [0.25, 0.3) is 0 Å². The molecule has 0 spiro atoms. The first-order valence-corrected chi connectivity index (χ1v) is 8.13. The Morgan fingerprint density at radius 1 is 1.25 bits per heavy atom. The Morgan fingerprint density at radius 2 is 2.00 bits per heavy atom. The van der Waals surface area contributed by atoms with Gasteiger partial charge < -0.3 is 10.1 Å². The highest BCUT2D eigenvalue weighted by atomic mass is 16.5. The van der Waals surface area contributed by atoms with Crippen LogP contribution in [0.1, 0.15) is 64.7 Å². The zero-order valence-corrected chi connectivity index (χ0v) is 12.5. The highest BCUT2D eigenvalue weighted by molar-refractivity contribution is 5.93. The summed E-state index contributed by atoms with van der Waals surface area (Å²) in [6.45, 7) is 2.43. The van der Waals surface area contributed by atoms with E-state index in [1.807, 2.05) is 6.92 Å². The number of carbonyl (C=O) groups is 2. The molecule has 1 amide bonds. The van der Waals surface area contributed by atoms with E-state index in [4.69, 9.17) is 4.74 Å². The highest BCUT2D eigenvalue weighted by Crippen LogP contribution is 2.27. The molecule has 1 N–H and O–H groups in total. The molecule has 0 heterocycles. The van der Waals surface area contributed by atoms with Crippen LogP contribution in [0.2, 0.25) is 0 Å². The Kier molecular flexibility index (Phi) is 5.86. The standard InChI is InChI=1S/C16H27NO3/c1-12-11-14(18)15(12)17-16(19)20-10-6-5-9-13-7-3-2-4-8-13/h12-13,15H,2-11H2,1H3,(H,17,19)/t12-,15-/m0/s1. The van der Waals surface area contributed by atoms with Crippen LogP contribution in [0, 0.1) is 11.8 Å². The van der Waals surface area contributed by atoms with Gasteiger partial charge in [-0.15, -0.1) is 0 Å². The highest BCUT2D eigenvalue weighted by Gasteiger charge is 2.37. The summed E-state index contributed by atoms with van der Waals surface area (Å²) >= 11 is 0. The lowest BCUT2D eigenvalue weighted by atomic mass is 9.80. The van der Waals surface area contributed by atoms with E-state index in [1.54, 1.807) is 0 Å². The molecule has 4 heteroatoms. The number of hydrogen-bond acceptors (Lipinski definition) is 3. The first-order valence-electron chi connectivity index (χ1n) is 8.13. The van der Waals surface area contributed by atoms with E-state index in [1.165, 1.54) is 38.5 Å². The van der Waals surface area contributed by atoms with Crippen molar-refractivity contribution in [3.8, 4) is 0 Å². The van der Waals surface area contributed by atoms with Gasteiger partial charge in [-0.3, -0.25) is 4.79 Å². The molecular weight excluding hydrogens is 254 g/mol. The lowest BCUT2D eigenvalue weighted by Crippen LogP contribution is -2.53. The van der Waals surface area contributed by atoms with E-state index < -0.39 is 6.09 Å². The van der Waals surface area contributed by atoms with E-state index in [0.29, 0.717) is 13.0 Å². The third-order valence-corrected chi connectivity index (χ3v) is 4.68. The molecule has 2 aliphatic rings. The van der Waals surface area contributed by atoms with Crippen molar-refractivity contribution >= 4 is 11.9 Å². The Morgan fingerprint density at radius 3 is 2.65 bits per heavy atom. The van der Waals surface area contributed by atoms with E-state index >= 15 is 0 Å². The van der Waals surface area contributed by atoms with Gasteiger partial charge in [0.2, 0.25) is 0 Å². The van der Waals surface area contributed by atoms with Crippen LogP contribution in [0.5, 0.6) is 0 Å². The predicted molar refractivity (Wildman–Crippen MR) is 77.5 cm³/mol. The molecule has 114 valence electrons. The van der Waals surface area contributed by atoms with E-state index in [9.17, 15) is 9.59 Å². The summed E-state index contributed by atoms with van der Waals surface area (Å²) in [6.07, 6.45) is 10.4. The van der Waals surface area contributed by atoms with Crippen molar-refractivity contribution in [1.29, 1.82) is 0 Å². The number of amides is 1. The molecule has 20 heavy (non-hydrogen) atoms. The van der Waals surface area contributed by atoms with Gasteiger partial charge >= 0.3 is 6.09 Å². The summed E-state index contributed by atoms with van der Waals surface area (Å²) in [5, 5.41) is 2.65. The largest absolute Gasteiger partial charge is 0.450 e. The molecule has 2 aliphatic carbocycles. The molecule has 0 aliphatic heterocycles. The third kappa shape index (κ3) is 4.50. The lowest BCUT2D eigenvalue weighted by Gasteiger charge is -2.32. The minimum absolute atomic E-state index is 0.117. The number of ketones is 1. The van der Waals surface area contributed by atoms with Crippen LogP contribution in [0.4, 0.5) is 4.79 Å². The monoisotopic (exact) mass is 281 g/mol. The quantitative estimate of drug-likeness (QED) is 0.759. The molecule has 4 nitrogen and oxygen atoms in total. The third-order valence-electron chi connectivity index (χ3n) is 4.68. The van der Waals surface area contributed by atoms with Gasteiger partial charge in [0.1, 0.15) is 0 Å². The van der Waals surface area contributed by atoms with Crippen LogP contribution in [0.25, 0.3) is 0 Å². The van der Waals surface area contributed by atoms with Crippen LogP contribution >= 0.6 is 0 Å². The zero-order chi connectivity index (χ0) is 14.4. The van der Waals surface area contributed by atoms with E-state index in [-0.39, 0.29) is 17.7 Å². The smallest absolute Gasteiger partial charge is 0.407 e. The summed E-state index contributed by atoms with van der Waals surface area (Å²) in [5.41, 5.74) is 0. The molecule has 2 fully saturated rings. The predicted octanol–water partition coefficient (Wildman–Crippen LogP) is 3.44. The normalized spacial score (nSPS) is 26.9. The Labute approximate surface area is 121 Å². The maximum atomic E-state index is 11.5. The Hall–Kier alpha value is -1.06. The van der Waals surface area contributed by atoms with Crippen molar-refractivity contribution in [2.24, 2.45) is 11.8 Å². The number of nitrogens with one attached hydrogen (secondary N) is 1. The van der Waals surface area contributed by atoms with Crippen molar-refractivity contribution in [2.75, 3.05) is 6.61 Å². The number of rotatable bonds is 6. The average Bonchev–Trinajstić information content (AvgIpc) is 2.46. The fourth-order valence-corrected chi connectivity index (χ4v) is 3.29. The van der Waals surface area contributed by atoms with Crippen LogP contribution in [0.3, 0.4) is 0 Å².